The Balaban J connectivity index is 1.84. The molecule has 0 spiro atoms. The first kappa shape index (κ1) is 10.9. The zero-order valence-corrected chi connectivity index (χ0v) is 10.0. The highest BCUT2D eigenvalue weighted by Gasteiger charge is 2.23. The van der Waals surface area contributed by atoms with E-state index in [-0.39, 0.29) is 0 Å². The maximum atomic E-state index is 5.70. The summed E-state index contributed by atoms with van der Waals surface area (Å²) in [6, 6.07) is 7.10. The van der Waals surface area contributed by atoms with E-state index < -0.39 is 0 Å². The Morgan fingerprint density at radius 1 is 1.12 bits per heavy atom. The molecule has 2 aliphatic heterocycles. The first-order chi connectivity index (χ1) is 8.33. The van der Waals surface area contributed by atoms with Crippen LogP contribution in [0.15, 0.2) is 18.2 Å². The summed E-state index contributed by atoms with van der Waals surface area (Å²) in [6.07, 6.45) is 2.05. The van der Waals surface area contributed by atoms with E-state index in [1.807, 2.05) is 6.07 Å². The molecule has 17 heavy (non-hydrogen) atoms. The predicted molar refractivity (Wildman–Crippen MR) is 65.1 cm³/mol. The highest BCUT2D eigenvalue weighted by atomic mass is 16.5. The lowest BCUT2D eigenvalue weighted by atomic mass is 10.0. The van der Waals surface area contributed by atoms with Gasteiger partial charge in [0.1, 0.15) is 0 Å². The number of rotatable bonds is 1. The molecule has 1 saturated heterocycles. The Morgan fingerprint density at radius 2 is 1.94 bits per heavy atom. The fraction of sp³-hybridized carbons (Fsp3) is 0.538. The Morgan fingerprint density at radius 3 is 2.71 bits per heavy atom. The highest BCUT2D eigenvalue weighted by Crippen LogP contribution is 2.33. The molecule has 4 heteroatoms. The van der Waals surface area contributed by atoms with Crippen molar-refractivity contribution in [3.63, 3.8) is 0 Å². The summed E-state index contributed by atoms with van der Waals surface area (Å²) < 4.78 is 11.3. The molecule has 92 valence electrons. The molecule has 0 amide bonds. The maximum absolute atomic E-state index is 5.70. The fourth-order valence-electron chi connectivity index (χ4n) is 2.33. The summed E-state index contributed by atoms with van der Waals surface area (Å²) in [5, 5.41) is 0. The minimum Gasteiger partial charge on any atom is -0.490 e. The average molecular weight is 234 g/mol. The van der Waals surface area contributed by atoms with Crippen molar-refractivity contribution >= 4 is 0 Å². The molecule has 2 aliphatic rings. The second-order valence-corrected chi connectivity index (χ2v) is 4.73. The molecule has 0 aromatic heterocycles. The van der Waals surface area contributed by atoms with Crippen molar-refractivity contribution in [3.8, 4) is 11.5 Å². The molecule has 2 unspecified atom stereocenters. The molecule has 0 saturated carbocycles. The van der Waals surface area contributed by atoms with Gasteiger partial charge in [0.25, 0.3) is 0 Å². The lowest BCUT2D eigenvalue weighted by Gasteiger charge is -2.13. The Hall–Kier alpha value is -1.26. The number of fused-ring (bicyclic) bond motifs is 1. The van der Waals surface area contributed by atoms with Crippen LogP contribution in [0.25, 0.3) is 0 Å². The summed E-state index contributed by atoms with van der Waals surface area (Å²) in [4.78, 5) is 0. The van der Waals surface area contributed by atoms with Crippen LogP contribution in [0.2, 0.25) is 0 Å². The van der Waals surface area contributed by atoms with Crippen LogP contribution in [0.3, 0.4) is 0 Å². The van der Waals surface area contributed by atoms with Crippen LogP contribution in [0.1, 0.15) is 31.4 Å². The van der Waals surface area contributed by atoms with Crippen LogP contribution in [-0.2, 0) is 0 Å². The van der Waals surface area contributed by atoms with Crippen molar-refractivity contribution in [2.45, 2.75) is 31.8 Å². The molecule has 1 aromatic rings. The topological polar surface area (TPSA) is 42.5 Å². The summed E-state index contributed by atoms with van der Waals surface area (Å²) in [5.41, 5.74) is 7.79. The number of hydrogen-bond acceptors (Lipinski definition) is 4. The fourth-order valence-corrected chi connectivity index (χ4v) is 2.33. The van der Waals surface area contributed by atoms with Crippen LogP contribution < -0.4 is 20.3 Å². The Labute approximate surface area is 101 Å². The summed E-state index contributed by atoms with van der Waals surface area (Å²) >= 11 is 0. The van der Waals surface area contributed by atoms with Gasteiger partial charge in [-0.2, -0.15) is 0 Å². The van der Waals surface area contributed by atoms with Crippen molar-refractivity contribution in [2.24, 2.45) is 0 Å². The monoisotopic (exact) mass is 234 g/mol. The second kappa shape index (κ2) is 4.55. The van der Waals surface area contributed by atoms with E-state index in [9.17, 15) is 0 Å². The molecule has 0 radical (unpaired) electrons. The molecule has 0 aliphatic carbocycles. The second-order valence-electron chi connectivity index (χ2n) is 4.73. The van der Waals surface area contributed by atoms with E-state index in [0.717, 1.165) is 37.6 Å². The lowest BCUT2D eigenvalue weighted by molar-refractivity contribution is 0.297. The van der Waals surface area contributed by atoms with Crippen molar-refractivity contribution < 1.29 is 9.47 Å². The quantitative estimate of drug-likeness (QED) is 0.777. The van der Waals surface area contributed by atoms with Gasteiger partial charge in [-0.15, -0.1) is 0 Å². The van der Waals surface area contributed by atoms with Gasteiger partial charge in [-0.05, 0) is 31.0 Å². The number of nitrogens with one attached hydrogen (secondary N) is 2. The largest absolute Gasteiger partial charge is 0.490 e. The summed E-state index contributed by atoms with van der Waals surface area (Å²) in [6.45, 7) is 3.66. The first-order valence-electron chi connectivity index (χ1n) is 6.23. The van der Waals surface area contributed by atoms with Crippen LogP contribution in [0.4, 0.5) is 0 Å². The van der Waals surface area contributed by atoms with Crippen molar-refractivity contribution in [1.29, 1.82) is 0 Å². The lowest BCUT2D eigenvalue weighted by Crippen LogP contribution is -2.28. The van der Waals surface area contributed by atoms with Gasteiger partial charge in [0, 0.05) is 18.5 Å². The SMILES string of the molecule is CC1CC(c2ccc3c(c2)OCCCO3)NN1. The van der Waals surface area contributed by atoms with Gasteiger partial charge in [-0.3, -0.25) is 10.9 Å². The number of hydrazine groups is 1. The van der Waals surface area contributed by atoms with Gasteiger partial charge in [0.05, 0.1) is 13.2 Å². The van der Waals surface area contributed by atoms with Gasteiger partial charge >= 0.3 is 0 Å². The van der Waals surface area contributed by atoms with Crippen molar-refractivity contribution in [1.82, 2.24) is 10.9 Å². The molecule has 4 nitrogen and oxygen atoms in total. The third-order valence-corrected chi connectivity index (χ3v) is 3.27. The zero-order valence-electron chi connectivity index (χ0n) is 10.0. The smallest absolute Gasteiger partial charge is 0.161 e. The van der Waals surface area contributed by atoms with Crippen molar-refractivity contribution in [3.05, 3.63) is 23.8 Å². The van der Waals surface area contributed by atoms with Crippen LogP contribution in [0.5, 0.6) is 11.5 Å². The molecular weight excluding hydrogens is 216 g/mol. The minimum absolute atomic E-state index is 0.363. The standard InChI is InChI=1S/C13H18N2O2/c1-9-7-11(15-14-9)10-3-4-12-13(8-10)17-6-2-5-16-12/h3-4,8-9,11,14-15H,2,5-7H2,1H3. The highest BCUT2D eigenvalue weighted by molar-refractivity contribution is 5.44. The van der Waals surface area contributed by atoms with Crippen molar-refractivity contribution in [2.75, 3.05) is 13.2 Å². The molecule has 0 bridgehead atoms. The number of hydrogen-bond donors (Lipinski definition) is 2. The Kier molecular flexibility index (Phi) is 2.91. The predicted octanol–water partition coefficient (Wildman–Crippen LogP) is 1.78. The van der Waals surface area contributed by atoms with E-state index in [1.54, 1.807) is 0 Å². The van der Waals surface area contributed by atoms with Gasteiger partial charge < -0.3 is 9.47 Å². The van der Waals surface area contributed by atoms with E-state index in [1.165, 1.54) is 5.56 Å². The molecule has 1 fully saturated rings. The third kappa shape index (κ3) is 2.23. The van der Waals surface area contributed by atoms with Crippen LogP contribution in [-0.4, -0.2) is 19.3 Å². The molecule has 2 heterocycles. The van der Waals surface area contributed by atoms with Gasteiger partial charge in [0.15, 0.2) is 11.5 Å². The third-order valence-electron chi connectivity index (χ3n) is 3.27. The number of ether oxygens (including phenoxy) is 2. The molecule has 2 N–H and O–H groups in total. The van der Waals surface area contributed by atoms with E-state index >= 15 is 0 Å². The molecule has 1 aromatic carbocycles. The average Bonchev–Trinajstić information content (AvgIpc) is 2.64. The van der Waals surface area contributed by atoms with Crippen LogP contribution in [0, 0.1) is 0 Å². The normalized spacial score (nSPS) is 27.8. The maximum Gasteiger partial charge on any atom is 0.161 e. The Bertz CT molecular complexity index is 408. The number of benzene rings is 1. The summed E-state index contributed by atoms with van der Waals surface area (Å²) in [5.74, 6) is 1.74. The molecule has 2 atom stereocenters. The minimum atomic E-state index is 0.363. The van der Waals surface area contributed by atoms with E-state index in [4.69, 9.17) is 9.47 Å². The molecule has 3 rings (SSSR count). The van der Waals surface area contributed by atoms with E-state index in [0.29, 0.717) is 12.1 Å². The molecular formula is C13H18N2O2. The van der Waals surface area contributed by atoms with Crippen LogP contribution >= 0.6 is 0 Å². The van der Waals surface area contributed by atoms with Gasteiger partial charge in [0.2, 0.25) is 0 Å². The summed E-state index contributed by atoms with van der Waals surface area (Å²) in [7, 11) is 0. The van der Waals surface area contributed by atoms with Gasteiger partial charge in [-0.1, -0.05) is 6.07 Å². The zero-order chi connectivity index (χ0) is 11.7. The van der Waals surface area contributed by atoms with Gasteiger partial charge in [-0.25, -0.2) is 0 Å². The van der Waals surface area contributed by atoms with E-state index in [2.05, 4.69) is 29.9 Å². The first-order valence-corrected chi connectivity index (χ1v) is 6.23.